The maximum Gasteiger partial charge on any atom is 0.340 e. The summed E-state index contributed by atoms with van der Waals surface area (Å²) in [6.45, 7) is 0. The van der Waals surface area contributed by atoms with Crippen LogP contribution in [0.4, 0.5) is 0 Å². The van der Waals surface area contributed by atoms with Gasteiger partial charge in [0.15, 0.2) is 5.60 Å². The predicted octanol–water partition coefficient (Wildman–Crippen LogP) is 6.55. The molecule has 0 unspecified atom stereocenters. The van der Waals surface area contributed by atoms with E-state index in [1.165, 1.54) is 24.3 Å². The van der Waals surface area contributed by atoms with Crippen LogP contribution in [-0.4, -0.2) is 21.3 Å². The average molecular weight is 529 g/mol. The molecule has 0 radical (unpaired) electrons. The van der Waals surface area contributed by atoms with Crippen molar-refractivity contribution in [3.05, 3.63) is 148 Å². The van der Waals surface area contributed by atoms with Crippen molar-refractivity contribution in [2.45, 2.75) is 18.4 Å². The van der Waals surface area contributed by atoms with Crippen LogP contribution >= 0.6 is 0 Å². The molecule has 196 valence electrons. The van der Waals surface area contributed by atoms with Crippen LogP contribution in [0, 0.1) is 0 Å². The molecule has 2 aliphatic rings. The van der Waals surface area contributed by atoms with Gasteiger partial charge in [0.25, 0.3) is 0 Å². The van der Waals surface area contributed by atoms with E-state index in [-0.39, 0.29) is 28.7 Å². The summed E-state index contributed by atoms with van der Waals surface area (Å²) in [4.78, 5) is 14.0. The van der Waals surface area contributed by atoms with Crippen molar-refractivity contribution in [2.75, 3.05) is 0 Å². The average Bonchev–Trinajstić information content (AvgIpc) is 3.23. The summed E-state index contributed by atoms with van der Waals surface area (Å²) in [5.74, 6) is 0.0710. The highest BCUT2D eigenvalue weighted by atomic mass is 16.6. The molecule has 1 spiro atoms. The van der Waals surface area contributed by atoms with E-state index in [0.717, 1.165) is 11.1 Å². The SMILES string of the molecule is O=C1OC2(c3ccc(O)cc3Oc3cc(O)ccc32)c2cc(O)c(Cc3ccccc3)c(Cc3ccccc3)c21. The number of rotatable bonds is 4. The van der Waals surface area contributed by atoms with Gasteiger partial charge < -0.3 is 24.8 Å². The molecule has 0 aromatic heterocycles. The number of phenolic OH excluding ortho intramolecular Hbond substituents is 3. The molecule has 0 amide bonds. The number of ether oxygens (including phenoxy) is 2. The summed E-state index contributed by atoms with van der Waals surface area (Å²) in [7, 11) is 0. The van der Waals surface area contributed by atoms with Crippen molar-refractivity contribution in [3.63, 3.8) is 0 Å². The van der Waals surface area contributed by atoms with Gasteiger partial charge in [0.05, 0.1) is 5.56 Å². The highest BCUT2D eigenvalue weighted by molar-refractivity contribution is 5.99. The zero-order valence-electron chi connectivity index (χ0n) is 21.3. The Balaban J connectivity index is 1.52. The summed E-state index contributed by atoms with van der Waals surface area (Å²) in [5.41, 5.74) is 3.79. The van der Waals surface area contributed by atoms with Crippen LogP contribution in [0.1, 0.15) is 49.3 Å². The summed E-state index contributed by atoms with van der Waals surface area (Å²) in [6, 6.07) is 30.5. The van der Waals surface area contributed by atoms with Crippen molar-refractivity contribution in [3.8, 4) is 28.7 Å². The van der Waals surface area contributed by atoms with Crippen LogP contribution in [0.25, 0.3) is 0 Å². The van der Waals surface area contributed by atoms with Crippen molar-refractivity contribution in [1.82, 2.24) is 0 Å². The fraction of sp³-hybridized carbons (Fsp3) is 0.0882. The number of phenols is 3. The Bertz CT molecular complexity index is 1740. The van der Waals surface area contributed by atoms with E-state index in [1.54, 1.807) is 18.2 Å². The Hall–Kier alpha value is -5.23. The number of carbonyl (C=O) groups is 1. The molecule has 0 bridgehead atoms. The quantitative estimate of drug-likeness (QED) is 0.229. The van der Waals surface area contributed by atoms with Gasteiger partial charge in [-0.2, -0.15) is 0 Å². The molecule has 0 saturated heterocycles. The fourth-order valence-corrected chi connectivity index (χ4v) is 5.95. The Morgan fingerprint density at radius 1 is 0.600 bits per heavy atom. The lowest BCUT2D eigenvalue weighted by atomic mass is 9.75. The molecule has 3 N–H and O–H groups in total. The number of carbonyl (C=O) groups excluding carboxylic acids is 1. The molecule has 2 aliphatic heterocycles. The third-order valence-corrected chi connectivity index (χ3v) is 7.71. The third kappa shape index (κ3) is 3.61. The summed E-state index contributed by atoms with van der Waals surface area (Å²) < 4.78 is 12.4. The number of hydrogen-bond acceptors (Lipinski definition) is 6. The van der Waals surface area contributed by atoms with Crippen molar-refractivity contribution >= 4 is 5.97 Å². The number of benzene rings is 5. The Morgan fingerprint density at radius 2 is 1.12 bits per heavy atom. The lowest BCUT2D eigenvalue weighted by Gasteiger charge is -2.36. The zero-order chi connectivity index (χ0) is 27.4. The molecule has 5 aromatic rings. The Kier molecular flexibility index (Phi) is 5.32. The van der Waals surface area contributed by atoms with Gasteiger partial charge >= 0.3 is 5.97 Å². The van der Waals surface area contributed by atoms with Crippen molar-refractivity contribution in [1.29, 1.82) is 0 Å². The molecule has 0 saturated carbocycles. The first-order chi connectivity index (χ1) is 19.4. The van der Waals surface area contributed by atoms with Crippen molar-refractivity contribution < 1.29 is 29.6 Å². The molecule has 0 fully saturated rings. The minimum Gasteiger partial charge on any atom is -0.508 e. The molecule has 6 nitrogen and oxygen atoms in total. The number of esters is 1. The summed E-state index contributed by atoms with van der Waals surface area (Å²) >= 11 is 0. The van der Waals surface area contributed by atoms with Gasteiger partial charge in [-0.05, 0) is 53.4 Å². The maximum absolute atomic E-state index is 14.0. The van der Waals surface area contributed by atoms with E-state index in [1.807, 2.05) is 60.7 Å². The number of fused-ring (bicyclic) bond motifs is 6. The van der Waals surface area contributed by atoms with Crippen LogP contribution in [0.3, 0.4) is 0 Å². The largest absolute Gasteiger partial charge is 0.508 e. The second kappa shape index (κ2) is 8.92. The monoisotopic (exact) mass is 528 g/mol. The van der Waals surface area contributed by atoms with E-state index >= 15 is 0 Å². The van der Waals surface area contributed by atoms with Crippen LogP contribution in [0.2, 0.25) is 0 Å². The maximum atomic E-state index is 14.0. The van der Waals surface area contributed by atoms with Crippen LogP contribution in [0.15, 0.2) is 103 Å². The lowest BCUT2D eigenvalue weighted by Crippen LogP contribution is -2.33. The van der Waals surface area contributed by atoms with E-state index in [4.69, 9.17) is 9.47 Å². The Labute approximate surface area is 230 Å². The van der Waals surface area contributed by atoms with Crippen LogP contribution in [-0.2, 0) is 23.2 Å². The minimum absolute atomic E-state index is 0.0205. The highest BCUT2D eigenvalue weighted by Gasteiger charge is 2.55. The molecule has 0 atom stereocenters. The molecule has 40 heavy (non-hydrogen) atoms. The molecule has 5 aromatic carbocycles. The standard InChI is InChI=1S/C34H24O6/c35-22-11-13-26-30(17-22)39-31-18-23(36)12-14-27(31)34(26)28-19-29(37)24(15-20-7-3-1-4-8-20)25(32(28)33(38)40-34)16-21-9-5-2-6-10-21/h1-14,17-19,35-37H,15-16H2. The van der Waals surface area contributed by atoms with Crippen molar-refractivity contribution in [2.24, 2.45) is 0 Å². The van der Waals surface area contributed by atoms with Gasteiger partial charge in [0, 0.05) is 40.8 Å². The molecular formula is C34H24O6. The van der Waals surface area contributed by atoms with Crippen LogP contribution in [0.5, 0.6) is 28.7 Å². The van der Waals surface area contributed by atoms with Gasteiger partial charge in [-0.25, -0.2) is 4.79 Å². The van der Waals surface area contributed by atoms with Gasteiger partial charge in [-0.15, -0.1) is 0 Å². The van der Waals surface area contributed by atoms with E-state index < -0.39 is 11.6 Å². The number of aromatic hydroxyl groups is 3. The lowest BCUT2D eigenvalue weighted by molar-refractivity contribution is 0.0223. The Morgan fingerprint density at radius 3 is 1.68 bits per heavy atom. The molecule has 0 aliphatic carbocycles. The normalized spacial score (nSPS) is 14.2. The summed E-state index contributed by atoms with van der Waals surface area (Å²) in [5, 5.41) is 32.0. The van der Waals surface area contributed by atoms with Gasteiger partial charge in [-0.3, -0.25) is 0 Å². The van der Waals surface area contributed by atoms with Crippen LogP contribution < -0.4 is 4.74 Å². The molecular weight excluding hydrogens is 504 g/mol. The fourth-order valence-electron chi connectivity index (χ4n) is 5.95. The first-order valence-corrected chi connectivity index (χ1v) is 13.0. The minimum atomic E-state index is -1.45. The highest BCUT2D eigenvalue weighted by Crippen LogP contribution is 2.58. The molecule has 6 heteroatoms. The smallest absolute Gasteiger partial charge is 0.340 e. The molecule has 2 heterocycles. The molecule has 7 rings (SSSR count). The van der Waals surface area contributed by atoms with Gasteiger partial charge in [0.1, 0.15) is 28.7 Å². The summed E-state index contributed by atoms with van der Waals surface area (Å²) in [6.07, 6.45) is 0.840. The second-order valence-electron chi connectivity index (χ2n) is 10.1. The van der Waals surface area contributed by atoms with E-state index in [0.29, 0.717) is 46.2 Å². The van der Waals surface area contributed by atoms with Gasteiger partial charge in [-0.1, -0.05) is 60.7 Å². The first kappa shape index (κ1) is 23.9. The number of hydrogen-bond donors (Lipinski definition) is 3. The van der Waals surface area contributed by atoms with E-state index in [9.17, 15) is 20.1 Å². The third-order valence-electron chi connectivity index (χ3n) is 7.71. The van der Waals surface area contributed by atoms with E-state index in [2.05, 4.69) is 0 Å². The first-order valence-electron chi connectivity index (χ1n) is 13.0. The topological polar surface area (TPSA) is 96.2 Å². The second-order valence-corrected chi connectivity index (χ2v) is 10.1. The predicted molar refractivity (Wildman–Crippen MR) is 148 cm³/mol. The van der Waals surface area contributed by atoms with Gasteiger partial charge in [0.2, 0.25) is 0 Å². The zero-order valence-corrected chi connectivity index (χ0v) is 21.3.